The third-order valence-corrected chi connectivity index (χ3v) is 4.70. The fraction of sp³-hybridized carbons (Fsp3) is 0.381. The number of nitrogens with one attached hydrogen (secondary N) is 1. The second-order valence-electron chi connectivity index (χ2n) is 6.64. The molecule has 3 rings (SSSR count). The van der Waals surface area contributed by atoms with Gasteiger partial charge < -0.3 is 20.5 Å². The van der Waals surface area contributed by atoms with Gasteiger partial charge in [0.1, 0.15) is 0 Å². The average molecular weight is 354 g/mol. The van der Waals surface area contributed by atoms with Crippen LogP contribution < -0.4 is 20.5 Å². The second-order valence-corrected chi connectivity index (χ2v) is 6.64. The summed E-state index contributed by atoms with van der Waals surface area (Å²) in [6.07, 6.45) is 5.67. The maximum absolute atomic E-state index is 12.1. The highest BCUT2D eigenvalue weighted by molar-refractivity contribution is 5.94. The lowest BCUT2D eigenvalue weighted by molar-refractivity contribution is 0.0954. The van der Waals surface area contributed by atoms with Gasteiger partial charge in [0, 0.05) is 17.8 Å². The Morgan fingerprint density at radius 2 is 1.85 bits per heavy atom. The van der Waals surface area contributed by atoms with Crippen LogP contribution in [0.25, 0.3) is 0 Å². The molecule has 1 fully saturated rings. The van der Waals surface area contributed by atoms with Gasteiger partial charge in [-0.1, -0.05) is 6.07 Å². The monoisotopic (exact) mass is 354 g/mol. The van der Waals surface area contributed by atoms with Crippen LogP contribution in [0.2, 0.25) is 0 Å². The van der Waals surface area contributed by atoms with Gasteiger partial charge in [-0.2, -0.15) is 0 Å². The largest absolute Gasteiger partial charge is 0.493 e. The quantitative estimate of drug-likeness (QED) is 0.746. The van der Waals surface area contributed by atoms with E-state index in [1.807, 2.05) is 18.2 Å². The zero-order valence-corrected chi connectivity index (χ0v) is 15.2. The molecule has 0 saturated heterocycles. The molecule has 1 aliphatic rings. The molecule has 2 aromatic carbocycles. The van der Waals surface area contributed by atoms with Gasteiger partial charge in [-0.05, 0) is 74.1 Å². The van der Waals surface area contributed by atoms with Crippen molar-refractivity contribution in [2.24, 2.45) is 0 Å². The lowest BCUT2D eigenvalue weighted by atomic mass is 10.1. The van der Waals surface area contributed by atoms with Crippen molar-refractivity contribution in [3.05, 3.63) is 53.6 Å². The van der Waals surface area contributed by atoms with E-state index in [1.54, 1.807) is 31.4 Å². The Balaban J connectivity index is 1.57. The Hall–Kier alpha value is -2.69. The molecule has 138 valence electrons. The number of anilines is 1. The minimum atomic E-state index is -0.0964. The highest BCUT2D eigenvalue weighted by Crippen LogP contribution is 2.32. The Kier molecular flexibility index (Phi) is 6.00. The number of ether oxygens (including phenoxy) is 2. The van der Waals surface area contributed by atoms with Gasteiger partial charge in [0.25, 0.3) is 5.91 Å². The van der Waals surface area contributed by atoms with E-state index in [0.717, 1.165) is 36.3 Å². The maximum atomic E-state index is 12.1. The maximum Gasteiger partial charge on any atom is 0.251 e. The predicted octanol–water partition coefficient (Wildman–Crippen LogP) is 3.57. The van der Waals surface area contributed by atoms with E-state index in [-0.39, 0.29) is 12.0 Å². The van der Waals surface area contributed by atoms with Gasteiger partial charge in [0.05, 0.1) is 13.2 Å². The summed E-state index contributed by atoms with van der Waals surface area (Å²) >= 11 is 0. The Morgan fingerprint density at radius 3 is 2.54 bits per heavy atom. The van der Waals surface area contributed by atoms with Gasteiger partial charge in [-0.25, -0.2) is 0 Å². The van der Waals surface area contributed by atoms with Crippen LogP contribution in [0.3, 0.4) is 0 Å². The number of nitrogen functional groups attached to an aromatic ring is 1. The van der Waals surface area contributed by atoms with E-state index >= 15 is 0 Å². The lowest BCUT2D eigenvalue weighted by Crippen LogP contribution is -2.25. The van der Waals surface area contributed by atoms with Crippen LogP contribution in [0.1, 0.15) is 41.6 Å². The van der Waals surface area contributed by atoms with Crippen molar-refractivity contribution in [2.45, 2.75) is 38.2 Å². The molecule has 0 radical (unpaired) electrons. The molecule has 3 N–H and O–H groups in total. The predicted molar refractivity (Wildman–Crippen MR) is 103 cm³/mol. The molecule has 1 amide bonds. The fourth-order valence-corrected chi connectivity index (χ4v) is 3.21. The number of nitrogens with two attached hydrogens (primary N) is 1. The van der Waals surface area contributed by atoms with Gasteiger partial charge in [-0.3, -0.25) is 4.79 Å². The van der Waals surface area contributed by atoms with Gasteiger partial charge in [0.2, 0.25) is 0 Å². The minimum Gasteiger partial charge on any atom is -0.493 e. The third kappa shape index (κ3) is 4.69. The van der Waals surface area contributed by atoms with Crippen LogP contribution in [-0.2, 0) is 6.42 Å². The van der Waals surface area contributed by atoms with Crippen LogP contribution >= 0.6 is 0 Å². The minimum absolute atomic E-state index is 0.0964. The molecule has 0 bridgehead atoms. The van der Waals surface area contributed by atoms with E-state index in [4.69, 9.17) is 15.2 Å². The molecule has 1 saturated carbocycles. The summed E-state index contributed by atoms with van der Waals surface area (Å²) in [7, 11) is 1.66. The lowest BCUT2D eigenvalue weighted by Gasteiger charge is -2.17. The van der Waals surface area contributed by atoms with Gasteiger partial charge in [0.15, 0.2) is 11.5 Å². The van der Waals surface area contributed by atoms with Crippen LogP contribution in [0, 0.1) is 0 Å². The van der Waals surface area contributed by atoms with Gasteiger partial charge >= 0.3 is 0 Å². The fourth-order valence-electron chi connectivity index (χ4n) is 3.21. The average Bonchev–Trinajstić information content (AvgIpc) is 3.15. The first-order valence-corrected chi connectivity index (χ1v) is 9.13. The number of benzene rings is 2. The first-order chi connectivity index (χ1) is 12.7. The van der Waals surface area contributed by atoms with Crippen LogP contribution in [0.4, 0.5) is 5.69 Å². The van der Waals surface area contributed by atoms with E-state index in [2.05, 4.69) is 5.32 Å². The smallest absolute Gasteiger partial charge is 0.251 e. The first kappa shape index (κ1) is 18.1. The molecule has 0 unspecified atom stereocenters. The van der Waals surface area contributed by atoms with Crippen LogP contribution in [-0.4, -0.2) is 25.7 Å². The van der Waals surface area contributed by atoms with Crippen molar-refractivity contribution in [1.29, 1.82) is 0 Å². The third-order valence-electron chi connectivity index (χ3n) is 4.70. The number of amides is 1. The Morgan fingerprint density at radius 1 is 1.12 bits per heavy atom. The van der Waals surface area contributed by atoms with Crippen molar-refractivity contribution >= 4 is 11.6 Å². The summed E-state index contributed by atoms with van der Waals surface area (Å²) in [5.41, 5.74) is 8.01. The second kappa shape index (κ2) is 8.61. The van der Waals surface area contributed by atoms with Crippen molar-refractivity contribution < 1.29 is 14.3 Å². The molecule has 5 nitrogen and oxygen atoms in total. The molecular formula is C21H26N2O3. The standard InChI is InChI=1S/C21H26N2O3/c1-25-19-11-6-15(14-20(19)26-18-4-2-3-5-18)12-13-23-21(24)16-7-9-17(22)10-8-16/h6-11,14,18H,2-5,12-13,22H2,1H3,(H,23,24). The Bertz CT molecular complexity index is 737. The van der Waals surface area contributed by atoms with Crippen molar-refractivity contribution in [1.82, 2.24) is 5.32 Å². The topological polar surface area (TPSA) is 73.6 Å². The van der Waals surface area contributed by atoms with Crippen LogP contribution in [0.15, 0.2) is 42.5 Å². The van der Waals surface area contributed by atoms with E-state index in [0.29, 0.717) is 17.8 Å². The highest BCUT2D eigenvalue weighted by atomic mass is 16.5. The summed E-state index contributed by atoms with van der Waals surface area (Å²) < 4.78 is 11.5. The summed E-state index contributed by atoms with van der Waals surface area (Å²) in [6.45, 7) is 0.554. The van der Waals surface area contributed by atoms with Crippen molar-refractivity contribution in [3.63, 3.8) is 0 Å². The number of hydrogen-bond acceptors (Lipinski definition) is 4. The molecule has 1 aliphatic carbocycles. The molecule has 0 aromatic heterocycles. The summed E-state index contributed by atoms with van der Waals surface area (Å²) in [4.78, 5) is 12.1. The number of carbonyl (C=O) groups excluding carboxylic acids is 1. The van der Waals surface area contributed by atoms with Crippen LogP contribution in [0.5, 0.6) is 11.5 Å². The number of rotatable bonds is 7. The molecule has 0 aliphatic heterocycles. The van der Waals surface area contributed by atoms with E-state index in [9.17, 15) is 4.79 Å². The Labute approximate surface area is 154 Å². The molecular weight excluding hydrogens is 328 g/mol. The normalized spacial score (nSPS) is 14.2. The van der Waals surface area contributed by atoms with E-state index in [1.165, 1.54) is 12.8 Å². The molecule has 5 heteroatoms. The van der Waals surface area contributed by atoms with Gasteiger partial charge in [-0.15, -0.1) is 0 Å². The molecule has 0 atom stereocenters. The zero-order valence-electron chi connectivity index (χ0n) is 15.2. The number of methoxy groups -OCH3 is 1. The molecule has 2 aromatic rings. The molecule has 0 heterocycles. The summed E-state index contributed by atoms with van der Waals surface area (Å²) in [5.74, 6) is 1.45. The summed E-state index contributed by atoms with van der Waals surface area (Å²) in [5, 5.41) is 2.94. The van der Waals surface area contributed by atoms with Crippen molar-refractivity contribution in [3.8, 4) is 11.5 Å². The highest BCUT2D eigenvalue weighted by Gasteiger charge is 2.18. The number of hydrogen-bond donors (Lipinski definition) is 2. The van der Waals surface area contributed by atoms with E-state index < -0.39 is 0 Å². The SMILES string of the molecule is COc1ccc(CCNC(=O)c2ccc(N)cc2)cc1OC1CCCC1. The molecule has 0 spiro atoms. The number of carbonyl (C=O) groups is 1. The van der Waals surface area contributed by atoms with Crippen molar-refractivity contribution in [2.75, 3.05) is 19.4 Å². The zero-order chi connectivity index (χ0) is 18.4. The summed E-state index contributed by atoms with van der Waals surface area (Å²) in [6, 6.07) is 12.9. The first-order valence-electron chi connectivity index (χ1n) is 9.13. The molecule has 26 heavy (non-hydrogen) atoms.